The molecule has 0 atom stereocenters. The van der Waals surface area contributed by atoms with Crippen molar-refractivity contribution in [2.45, 2.75) is 19.4 Å². The van der Waals surface area contributed by atoms with Crippen LogP contribution in [0.1, 0.15) is 24.4 Å². The Balaban J connectivity index is 0.00000220. The first-order valence-electron chi connectivity index (χ1n) is 6.15. The third-order valence-electron chi connectivity index (χ3n) is 2.56. The van der Waals surface area contributed by atoms with Crippen molar-refractivity contribution in [3.05, 3.63) is 41.1 Å². The number of nitrogens with zero attached hydrogens (tertiary/aromatic N) is 1. The first-order valence-corrected chi connectivity index (χ1v) is 6.53. The number of hydrogen-bond donors (Lipinski definition) is 2. The third-order valence-corrected chi connectivity index (χ3v) is 2.79. The average molecular weight is 330 g/mol. The van der Waals surface area contributed by atoms with Gasteiger partial charge < -0.3 is 15.6 Å². The van der Waals surface area contributed by atoms with E-state index in [1.54, 1.807) is 18.2 Å². The lowest BCUT2D eigenvalue weighted by molar-refractivity contribution is 0.0909. The molecule has 114 valence electrons. The van der Waals surface area contributed by atoms with E-state index in [-0.39, 0.29) is 24.1 Å². The first kappa shape index (κ1) is 17.5. The SMILES string of the molecule is CC(C)(N)CNC(=O)c1cc(-c2cccc(Cl)c2)no1.Cl. The van der Waals surface area contributed by atoms with E-state index in [2.05, 4.69) is 10.5 Å². The molecule has 7 heteroatoms. The molecule has 0 aliphatic carbocycles. The van der Waals surface area contributed by atoms with Gasteiger partial charge >= 0.3 is 0 Å². The number of carbonyl (C=O) groups is 1. The predicted molar refractivity (Wildman–Crippen MR) is 84.8 cm³/mol. The molecule has 21 heavy (non-hydrogen) atoms. The summed E-state index contributed by atoms with van der Waals surface area (Å²) in [6.07, 6.45) is 0. The van der Waals surface area contributed by atoms with Gasteiger partial charge in [0.05, 0.1) is 0 Å². The Labute approximate surface area is 134 Å². The van der Waals surface area contributed by atoms with Crippen LogP contribution in [0.4, 0.5) is 0 Å². The summed E-state index contributed by atoms with van der Waals surface area (Å²) in [7, 11) is 0. The Morgan fingerprint density at radius 1 is 1.43 bits per heavy atom. The number of nitrogens with two attached hydrogens (primary N) is 1. The summed E-state index contributed by atoms with van der Waals surface area (Å²) < 4.78 is 5.04. The molecule has 0 aliphatic heterocycles. The topological polar surface area (TPSA) is 81.1 Å². The maximum Gasteiger partial charge on any atom is 0.289 e. The van der Waals surface area contributed by atoms with Gasteiger partial charge in [0, 0.05) is 28.7 Å². The van der Waals surface area contributed by atoms with Gasteiger partial charge in [-0.05, 0) is 26.0 Å². The zero-order valence-corrected chi connectivity index (χ0v) is 13.3. The molecule has 0 fully saturated rings. The fraction of sp³-hybridized carbons (Fsp3) is 0.286. The van der Waals surface area contributed by atoms with Gasteiger partial charge in [-0.25, -0.2) is 0 Å². The maximum atomic E-state index is 11.9. The van der Waals surface area contributed by atoms with Crippen molar-refractivity contribution in [3.63, 3.8) is 0 Å². The molecule has 1 aromatic heterocycles. The van der Waals surface area contributed by atoms with Gasteiger partial charge in [-0.2, -0.15) is 0 Å². The number of halogens is 2. The highest BCUT2D eigenvalue weighted by atomic mass is 35.5. The van der Waals surface area contributed by atoms with E-state index in [0.717, 1.165) is 5.56 Å². The molecular formula is C14H17Cl2N3O2. The van der Waals surface area contributed by atoms with Crippen LogP contribution < -0.4 is 11.1 Å². The summed E-state index contributed by atoms with van der Waals surface area (Å²) in [6.45, 7) is 4.00. The number of amides is 1. The quantitative estimate of drug-likeness (QED) is 0.903. The highest BCUT2D eigenvalue weighted by Crippen LogP contribution is 2.22. The largest absolute Gasteiger partial charge is 0.350 e. The third kappa shape index (κ3) is 5.04. The van der Waals surface area contributed by atoms with Gasteiger partial charge in [0.25, 0.3) is 5.91 Å². The van der Waals surface area contributed by atoms with Crippen LogP contribution in [0.3, 0.4) is 0 Å². The van der Waals surface area contributed by atoms with Crippen LogP contribution in [0.5, 0.6) is 0 Å². The van der Waals surface area contributed by atoms with Crippen molar-refractivity contribution in [2.24, 2.45) is 5.73 Å². The smallest absolute Gasteiger partial charge is 0.289 e. The van der Waals surface area contributed by atoms with E-state index in [4.69, 9.17) is 21.9 Å². The lowest BCUT2D eigenvalue weighted by atomic mass is 10.1. The number of nitrogens with one attached hydrogen (secondary N) is 1. The molecule has 0 aliphatic rings. The molecule has 0 spiro atoms. The van der Waals surface area contributed by atoms with E-state index >= 15 is 0 Å². The van der Waals surface area contributed by atoms with Crippen molar-refractivity contribution in [2.75, 3.05) is 6.54 Å². The summed E-state index contributed by atoms with van der Waals surface area (Å²) in [5, 5.41) is 7.16. The number of aromatic nitrogens is 1. The molecule has 0 saturated heterocycles. The van der Waals surface area contributed by atoms with Crippen LogP contribution in [0, 0.1) is 0 Å². The summed E-state index contributed by atoms with van der Waals surface area (Å²) in [5.74, 6) is -0.200. The van der Waals surface area contributed by atoms with Crippen molar-refractivity contribution in [3.8, 4) is 11.3 Å². The molecule has 2 aromatic rings. The van der Waals surface area contributed by atoms with E-state index in [9.17, 15) is 4.79 Å². The van der Waals surface area contributed by atoms with Crippen LogP contribution in [-0.2, 0) is 0 Å². The molecule has 2 rings (SSSR count). The monoisotopic (exact) mass is 329 g/mol. The zero-order chi connectivity index (χ0) is 14.8. The summed E-state index contributed by atoms with van der Waals surface area (Å²) in [5.41, 5.74) is 6.67. The molecule has 5 nitrogen and oxygen atoms in total. The van der Waals surface area contributed by atoms with Crippen molar-refractivity contribution < 1.29 is 9.32 Å². The van der Waals surface area contributed by atoms with Crippen LogP contribution in [0.25, 0.3) is 11.3 Å². The Bertz CT molecular complexity index is 621. The second-order valence-electron chi connectivity index (χ2n) is 5.26. The normalized spacial score (nSPS) is 10.9. The maximum absolute atomic E-state index is 11.9. The number of hydrogen-bond acceptors (Lipinski definition) is 4. The van der Waals surface area contributed by atoms with Crippen LogP contribution in [-0.4, -0.2) is 23.1 Å². The minimum absolute atomic E-state index is 0. The minimum Gasteiger partial charge on any atom is -0.350 e. The molecule has 1 amide bonds. The van der Waals surface area contributed by atoms with Crippen LogP contribution in [0.2, 0.25) is 5.02 Å². The molecular weight excluding hydrogens is 313 g/mol. The zero-order valence-electron chi connectivity index (χ0n) is 11.7. The van der Waals surface area contributed by atoms with E-state index in [0.29, 0.717) is 17.3 Å². The van der Waals surface area contributed by atoms with Gasteiger partial charge in [-0.3, -0.25) is 4.79 Å². The van der Waals surface area contributed by atoms with Crippen LogP contribution >= 0.6 is 24.0 Å². The molecule has 0 unspecified atom stereocenters. The Morgan fingerprint density at radius 3 is 2.76 bits per heavy atom. The molecule has 3 N–H and O–H groups in total. The number of carbonyl (C=O) groups excluding carboxylic acids is 1. The lowest BCUT2D eigenvalue weighted by Gasteiger charge is -2.18. The average Bonchev–Trinajstić information content (AvgIpc) is 2.84. The summed E-state index contributed by atoms with van der Waals surface area (Å²) >= 11 is 5.91. The van der Waals surface area contributed by atoms with E-state index in [1.807, 2.05) is 26.0 Å². The van der Waals surface area contributed by atoms with Crippen molar-refractivity contribution >= 4 is 29.9 Å². The molecule has 1 aromatic carbocycles. The second kappa shape index (κ2) is 6.93. The first-order chi connectivity index (χ1) is 9.35. The van der Waals surface area contributed by atoms with Gasteiger partial charge in [0.1, 0.15) is 5.69 Å². The Kier molecular flexibility index (Phi) is 5.78. The molecule has 0 saturated carbocycles. The second-order valence-corrected chi connectivity index (χ2v) is 5.69. The molecule has 1 heterocycles. The standard InChI is InChI=1S/C14H16ClN3O2.ClH/c1-14(2,16)8-17-13(19)12-7-11(18-20-12)9-4-3-5-10(15)6-9;/h3-7H,8,16H2,1-2H3,(H,17,19);1H. The van der Waals surface area contributed by atoms with Gasteiger partial charge in [0.15, 0.2) is 0 Å². The summed E-state index contributed by atoms with van der Waals surface area (Å²) in [6, 6.07) is 8.74. The summed E-state index contributed by atoms with van der Waals surface area (Å²) in [4.78, 5) is 11.9. The molecule has 0 bridgehead atoms. The molecule has 0 radical (unpaired) electrons. The van der Waals surface area contributed by atoms with Crippen molar-refractivity contribution in [1.82, 2.24) is 10.5 Å². The Hall–Kier alpha value is -1.56. The van der Waals surface area contributed by atoms with E-state index < -0.39 is 5.54 Å². The van der Waals surface area contributed by atoms with E-state index in [1.165, 1.54) is 0 Å². The highest BCUT2D eigenvalue weighted by Gasteiger charge is 2.17. The Morgan fingerprint density at radius 2 is 2.14 bits per heavy atom. The van der Waals surface area contributed by atoms with Crippen LogP contribution in [0.15, 0.2) is 34.9 Å². The fourth-order valence-electron chi connectivity index (χ4n) is 1.56. The number of benzene rings is 1. The van der Waals surface area contributed by atoms with Gasteiger partial charge in [-0.1, -0.05) is 28.9 Å². The van der Waals surface area contributed by atoms with Crippen molar-refractivity contribution in [1.29, 1.82) is 0 Å². The minimum atomic E-state index is -0.481. The lowest BCUT2D eigenvalue weighted by Crippen LogP contribution is -2.45. The number of rotatable bonds is 4. The fourth-order valence-corrected chi connectivity index (χ4v) is 1.75. The van der Waals surface area contributed by atoms with Gasteiger partial charge in [-0.15, -0.1) is 12.4 Å². The van der Waals surface area contributed by atoms with Gasteiger partial charge in [0.2, 0.25) is 5.76 Å². The predicted octanol–water partition coefficient (Wildman–Crippen LogP) is 2.88. The highest BCUT2D eigenvalue weighted by molar-refractivity contribution is 6.30.